The summed E-state index contributed by atoms with van der Waals surface area (Å²) in [5.74, 6) is -0.769. The molecule has 0 aliphatic carbocycles. The fourth-order valence-electron chi connectivity index (χ4n) is 0.805. The number of amides is 1. The maximum atomic E-state index is 11.3. The molecule has 0 aromatic heterocycles. The second-order valence-electron chi connectivity index (χ2n) is 4.04. The van der Waals surface area contributed by atoms with Crippen molar-refractivity contribution in [2.45, 2.75) is 39.8 Å². The van der Waals surface area contributed by atoms with Crippen LogP contribution in [0.5, 0.6) is 0 Å². The van der Waals surface area contributed by atoms with E-state index in [2.05, 4.69) is 10.6 Å². The third-order valence-electron chi connectivity index (χ3n) is 2.33. The molecule has 0 aromatic carbocycles. The number of carboxylic acid groups (broad SMARTS) is 1. The first kappa shape index (κ1) is 13.9. The van der Waals surface area contributed by atoms with Crippen LogP contribution in [0.1, 0.15) is 27.7 Å². The highest BCUT2D eigenvalue weighted by molar-refractivity contribution is 5.79. The van der Waals surface area contributed by atoms with Crippen LogP contribution in [0.4, 0.5) is 0 Å². The maximum Gasteiger partial charge on any atom is 0.320 e. The average molecular weight is 216 g/mol. The van der Waals surface area contributed by atoms with Gasteiger partial charge in [0.15, 0.2) is 0 Å². The van der Waals surface area contributed by atoms with Crippen molar-refractivity contribution in [1.82, 2.24) is 10.6 Å². The predicted octanol–water partition coefficient (Wildman–Crippen LogP) is 0.210. The zero-order valence-electron chi connectivity index (χ0n) is 9.70. The van der Waals surface area contributed by atoms with Crippen LogP contribution in [0.2, 0.25) is 0 Å². The number of carbonyl (C=O) groups is 2. The van der Waals surface area contributed by atoms with Crippen LogP contribution in [0.15, 0.2) is 0 Å². The molecule has 88 valence electrons. The summed E-state index contributed by atoms with van der Waals surface area (Å²) in [6.07, 6.45) is 0. The van der Waals surface area contributed by atoms with Gasteiger partial charge in [-0.25, -0.2) is 0 Å². The minimum absolute atomic E-state index is 0.0323. The van der Waals surface area contributed by atoms with E-state index >= 15 is 0 Å². The van der Waals surface area contributed by atoms with Gasteiger partial charge < -0.3 is 10.4 Å². The van der Waals surface area contributed by atoms with Crippen molar-refractivity contribution in [2.24, 2.45) is 5.92 Å². The predicted molar refractivity (Wildman–Crippen MR) is 57.5 cm³/mol. The van der Waals surface area contributed by atoms with E-state index in [-0.39, 0.29) is 18.5 Å². The van der Waals surface area contributed by atoms with Crippen LogP contribution < -0.4 is 10.6 Å². The normalized spacial score (nSPS) is 14.7. The molecule has 0 radical (unpaired) electrons. The Morgan fingerprint density at radius 1 is 1.20 bits per heavy atom. The molecule has 0 aromatic rings. The Hall–Kier alpha value is -1.10. The van der Waals surface area contributed by atoms with E-state index in [1.807, 2.05) is 20.8 Å². The highest BCUT2D eigenvalue weighted by Gasteiger charge is 2.14. The molecule has 0 aliphatic rings. The quantitative estimate of drug-likeness (QED) is 0.593. The molecule has 0 spiro atoms. The number of hydrogen-bond acceptors (Lipinski definition) is 3. The number of nitrogens with one attached hydrogen (secondary N) is 2. The van der Waals surface area contributed by atoms with Gasteiger partial charge in [-0.15, -0.1) is 0 Å². The summed E-state index contributed by atoms with van der Waals surface area (Å²) in [7, 11) is 0. The molecule has 2 atom stereocenters. The van der Waals surface area contributed by atoms with E-state index in [0.717, 1.165) is 0 Å². The summed E-state index contributed by atoms with van der Waals surface area (Å²) in [6, 6.07) is -0.607. The molecule has 0 fully saturated rings. The average Bonchev–Trinajstić information content (AvgIpc) is 2.13. The highest BCUT2D eigenvalue weighted by Crippen LogP contribution is 1.98. The second-order valence-corrected chi connectivity index (χ2v) is 4.04. The van der Waals surface area contributed by atoms with Gasteiger partial charge in [-0.1, -0.05) is 13.8 Å². The third-order valence-corrected chi connectivity index (χ3v) is 2.33. The molecule has 0 bridgehead atoms. The van der Waals surface area contributed by atoms with Crippen LogP contribution >= 0.6 is 0 Å². The lowest BCUT2D eigenvalue weighted by molar-refractivity contribution is -0.139. The first-order valence-corrected chi connectivity index (χ1v) is 5.10. The second kappa shape index (κ2) is 6.40. The van der Waals surface area contributed by atoms with Crippen LogP contribution in [-0.2, 0) is 9.59 Å². The minimum atomic E-state index is -0.959. The van der Waals surface area contributed by atoms with Crippen LogP contribution in [0, 0.1) is 5.92 Å². The standard InChI is InChI=1S/C10H20N2O3/c1-6(2)7(3)12-9(13)5-11-8(4)10(14)15/h6-8,11H,5H2,1-4H3,(H,12,13)(H,14,15)/t7?,8-/m0/s1. The lowest BCUT2D eigenvalue weighted by Gasteiger charge is -2.18. The number of carboxylic acids is 1. The monoisotopic (exact) mass is 216 g/mol. The van der Waals surface area contributed by atoms with Crippen molar-refractivity contribution in [2.75, 3.05) is 6.54 Å². The van der Waals surface area contributed by atoms with Crippen molar-refractivity contribution < 1.29 is 14.7 Å². The lowest BCUT2D eigenvalue weighted by atomic mass is 10.1. The van der Waals surface area contributed by atoms with Gasteiger partial charge in [-0.3, -0.25) is 14.9 Å². The summed E-state index contributed by atoms with van der Waals surface area (Å²) >= 11 is 0. The van der Waals surface area contributed by atoms with Crippen molar-refractivity contribution in [1.29, 1.82) is 0 Å². The number of aliphatic carboxylic acids is 1. The maximum absolute atomic E-state index is 11.3. The molecule has 0 aliphatic heterocycles. The fraction of sp³-hybridized carbons (Fsp3) is 0.800. The molecular weight excluding hydrogens is 196 g/mol. The Morgan fingerprint density at radius 3 is 2.13 bits per heavy atom. The van der Waals surface area contributed by atoms with Gasteiger partial charge in [0.2, 0.25) is 5.91 Å². The van der Waals surface area contributed by atoms with Gasteiger partial charge in [0, 0.05) is 6.04 Å². The molecule has 0 heterocycles. The first-order chi connectivity index (χ1) is 6.84. The number of rotatable bonds is 6. The zero-order chi connectivity index (χ0) is 12.0. The van der Waals surface area contributed by atoms with Crippen molar-refractivity contribution >= 4 is 11.9 Å². The summed E-state index contributed by atoms with van der Waals surface area (Å²) in [6.45, 7) is 7.48. The van der Waals surface area contributed by atoms with Gasteiger partial charge in [0.1, 0.15) is 6.04 Å². The molecule has 5 nitrogen and oxygen atoms in total. The summed E-state index contributed by atoms with van der Waals surface area (Å²) < 4.78 is 0. The third kappa shape index (κ3) is 6.06. The summed E-state index contributed by atoms with van der Waals surface area (Å²) in [5.41, 5.74) is 0. The number of carbonyl (C=O) groups excluding carboxylic acids is 1. The first-order valence-electron chi connectivity index (χ1n) is 5.10. The molecule has 1 amide bonds. The summed E-state index contributed by atoms with van der Waals surface area (Å²) in [4.78, 5) is 21.8. The topological polar surface area (TPSA) is 78.4 Å². The molecule has 1 unspecified atom stereocenters. The van der Waals surface area contributed by atoms with Crippen LogP contribution in [-0.4, -0.2) is 35.6 Å². The van der Waals surface area contributed by atoms with Gasteiger partial charge >= 0.3 is 5.97 Å². The minimum Gasteiger partial charge on any atom is -0.480 e. The molecular formula is C10H20N2O3. The largest absolute Gasteiger partial charge is 0.480 e. The Labute approximate surface area is 90.2 Å². The number of hydrogen-bond donors (Lipinski definition) is 3. The van der Waals surface area contributed by atoms with Gasteiger partial charge in [0.25, 0.3) is 0 Å². The van der Waals surface area contributed by atoms with Crippen molar-refractivity contribution in [3.05, 3.63) is 0 Å². The zero-order valence-corrected chi connectivity index (χ0v) is 9.70. The summed E-state index contributed by atoms with van der Waals surface area (Å²) in [5, 5.41) is 14.0. The van der Waals surface area contributed by atoms with Crippen molar-refractivity contribution in [3.8, 4) is 0 Å². The Morgan fingerprint density at radius 2 is 1.73 bits per heavy atom. The molecule has 3 N–H and O–H groups in total. The van der Waals surface area contributed by atoms with Crippen LogP contribution in [0.25, 0.3) is 0 Å². The smallest absolute Gasteiger partial charge is 0.320 e. The molecule has 15 heavy (non-hydrogen) atoms. The van der Waals surface area contributed by atoms with E-state index in [9.17, 15) is 9.59 Å². The Kier molecular flexibility index (Phi) is 5.93. The van der Waals surface area contributed by atoms with E-state index in [1.54, 1.807) is 0 Å². The Balaban J connectivity index is 3.80. The molecule has 0 saturated heterocycles. The van der Waals surface area contributed by atoms with E-state index in [4.69, 9.17) is 5.11 Å². The molecule has 0 saturated carbocycles. The van der Waals surface area contributed by atoms with Gasteiger partial charge in [0.05, 0.1) is 6.54 Å². The SMILES string of the molecule is CC(C)C(C)NC(=O)CN[C@@H](C)C(=O)O. The van der Waals surface area contributed by atoms with E-state index < -0.39 is 12.0 Å². The lowest BCUT2D eigenvalue weighted by Crippen LogP contribution is -2.45. The highest BCUT2D eigenvalue weighted by atomic mass is 16.4. The molecule has 5 heteroatoms. The fourth-order valence-corrected chi connectivity index (χ4v) is 0.805. The van der Waals surface area contributed by atoms with E-state index in [1.165, 1.54) is 6.92 Å². The molecule has 0 rings (SSSR count). The van der Waals surface area contributed by atoms with Crippen LogP contribution in [0.3, 0.4) is 0 Å². The van der Waals surface area contributed by atoms with E-state index in [0.29, 0.717) is 5.92 Å². The Bertz CT molecular complexity index is 229. The van der Waals surface area contributed by atoms with Crippen molar-refractivity contribution in [3.63, 3.8) is 0 Å². The van der Waals surface area contributed by atoms with Gasteiger partial charge in [-0.05, 0) is 19.8 Å². The van der Waals surface area contributed by atoms with Gasteiger partial charge in [-0.2, -0.15) is 0 Å².